The average Bonchev–Trinajstić information content (AvgIpc) is 2.65. The van der Waals surface area contributed by atoms with Crippen LogP contribution in [0.15, 0.2) is 60.7 Å². The van der Waals surface area contributed by atoms with E-state index in [1.807, 2.05) is 54.6 Å². The summed E-state index contributed by atoms with van der Waals surface area (Å²) < 4.78 is 10.0. The van der Waals surface area contributed by atoms with Gasteiger partial charge in [-0.3, -0.25) is 0 Å². The van der Waals surface area contributed by atoms with Crippen LogP contribution in [0.3, 0.4) is 0 Å². The Kier molecular flexibility index (Phi) is 4.49. The minimum atomic E-state index is -0.362. The molecule has 0 saturated carbocycles. The quantitative estimate of drug-likeness (QED) is 0.529. The van der Waals surface area contributed by atoms with Gasteiger partial charge in [0.2, 0.25) is 0 Å². The number of ether oxygens (including phenoxy) is 2. The van der Waals surface area contributed by atoms with Gasteiger partial charge in [-0.05, 0) is 41.8 Å². The zero-order chi connectivity index (χ0) is 16.9. The second-order valence-electron chi connectivity index (χ2n) is 5.18. The van der Waals surface area contributed by atoms with Gasteiger partial charge in [0.15, 0.2) is 0 Å². The Hall–Kier alpha value is -3.25. The molecule has 0 unspecified atom stereocenters. The molecule has 0 spiro atoms. The summed E-state index contributed by atoms with van der Waals surface area (Å²) in [4.78, 5) is 12.0. The minimum absolute atomic E-state index is 0.362. The number of methoxy groups -OCH3 is 2. The smallest absolute Gasteiger partial charge is 0.338 e. The van der Waals surface area contributed by atoms with Crippen LogP contribution >= 0.6 is 0 Å². The van der Waals surface area contributed by atoms with E-state index in [0.717, 1.165) is 27.6 Å². The topological polar surface area (TPSA) is 35.5 Å². The Morgan fingerprint density at radius 1 is 0.875 bits per heavy atom. The van der Waals surface area contributed by atoms with Gasteiger partial charge in [-0.25, -0.2) is 4.79 Å². The van der Waals surface area contributed by atoms with Crippen molar-refractivity contribution in [3.63, 3.8) is 0 Å². The van der Waals surface area contributed by atoms with Crippen LogP contribution in [0.25, 0.3) is 10.8 Å². The lowest BCUT2D eigenvalue weighted by Gasteiger charge is -2.06. The molecule has 0 aliphatic rings. The fourth-order valence-corrected chi connectivity index (χ4v) is 2.54. The molecule has 0 amide bonds. The van der Waals surface area contributed by atoms with E-state index in [4.69, 9.17) is 9.47 Å². The fraction of sp³-hybridized carbons (Fsp3) is 0.0952. The van der Waals surface area contributed by atoms with Gasteiger partial charge in [-0.15, -0.1) is 0 Å². The summed E-state index contributed by atoms with van der Waals surface area (Å²) in [5.41, 5.74) is 2.20. The summed E-state index contributed by atoms with van der Waals surface area (Å²) in [7, 11) is 3.01. The third-order valence-electron chi connectivity index (χ3n) is 3.74. The summed E-state index contributed by atoms with van der Waals surface area (Å²) in [6.07, 6.45) is 0. The number of esters is 1. The van der Waals surface area contributed by atoms with E-state index in [0.29, 0.717) is 5.56 Å². The molecule has 0 heterocycles. The molecule has 0 N–H and O–H groups in total. The zero-order valence-corrected chi connectivity index (χ0v) is 13.5. The molecule has 0 bridgehead atoms. The van der Waals surface area contributed by atoms with Gasteiger partial charge in [0.1, 0.15) is 5.75 Å². The van der Waals surface area contributed by atoms with Crippen LogP contribution in [0, 0.1) is 11.8 Å². The molecule has 3 rings (SSSR count). The molecule has 3 nitrogen and oxygen atoms in total. The van der Waals surface area contributed by atoms with Crippen LogP contribution < -0.4 is 4.74 Å². The van der Waals surface area contributed by atoms with Crippen molar-refractivity contribution < 1.29 is 14.3 Å². The number of benzene rings is 3. The SMILES string of the molecule is COC(=O)c1cccc2cccc(C#Cc3ccc(OC)cc3)c12. The van der Waals surface area contributed by atoms with Crippen molar-refractivity contribution in [2.75, 3.05) is 14.2 Å². The lowest BCUT2D eigenvalue weighted by Crippen LogP contribution is -2.02. The van der Waals surface area contributed by atoms with Crippen molar-refractivity contribution in [3.8, 4) is 17.6 Å². The largest absolute Gasteiger partial charge is 0.497 e. The van der Waals surface area contributed by atoms with E-state index in [2.05, 4.69) is 11.8 Å². The summed E-state index contributed by atoms with van der Waals surface area (Å²) in [5, 5.41) is 1.77. The lowest BCUT2D eigenvalue weighted by molar-refractivity contribution is 0.0603. The first-order chi connectivity index (χ1) is 11.7. The van der Waals surface area contributed by atoms with Gasteiger partial charge < -0.3 is 9.47 Å². The second-order valence-corrected chi connectivity index (χ2v) is 5.18. The summed E-state index contributed by atoms with van der Waals surface area (Å²) in [5.74, 6) is 6.72. The van der Waals surface area contributed by atoms with Crippen LogP contribution in [0.1, 0.15) is 21.5 Å². The van der Waals surface area contributed by atoms with Crippen molar-refractivity contribution in [3.05, 3.63) is 77.4 Å². The molecule has 3 aromatic carbocycles. The van der Waals surface area contributed by atoms with Crippen molar-refractivity contribution in [1.82, 2.24) is 0 Å². The minimum Gasteiger partial charge on any atom is -0.497 e. The second kappa shape index (κ2) is 6.89. The van der Waals surface area contributed by atoms with Crippen molar-refractivity contribution in [2.45, 2.75) is 0 Å². The van der Waals surface area contributed by atoms with E-state index in [1.54, 1.807) is 13.2 Å². The highest BCUT2D eigenvalue weighted by atomic mass is 16.5. The van der Waals surface area contributed by atoms with Gasteiger partial charge in [-0.1, -0.05) is 36.1 Å². The van der Waals surface area contributed by atoms with E-state index >= 15 is 0 Å². The van der Waals surface area contributed by atoms with Gasteiger partial charge in [-0.2, -0.15) is 0 Å². The molecule has 0 saturated heterocycles. The van der Waals surface area contributed by atoms with Crippen molar-refractivity contribution in [1.29, 1.82) is 0 Å². The molecule has 0 aliphatic carbocycles. The number of hydrogen-bond donors (Lipinski definition) is 0. The predicted molar refractivity (Wildman–Crippen MR) is 94.3 cm³/mol. The molecule has 0 atom stereocenters. The molecule has 0 radical (unpaired) electrons. The monoisotopic (exact) mass is 316 g/mol. The van der Waals surface area contributed by atoms with Gasteiger partial charge in [0.25, 0.3) is 0 Å². The Morgan fingerprint density at radius 3 is 2.25 bits per heavy atom. The molecular weight excluding hydrogens is 300 g/mol. The third-order valence-corrected chi connectivity index (χ3v) is 3.74. The Labute approximate surface area is 140 Å². The number of rotatable bonds is 2. The average molecular weight is 316 g/mol. The standard InChI is InChI=1S/C21H16O3/c1-23-18-13-10-15(11-14-18)9-12-17-6-3-5-16-7-4-8-19(20(16)17)21(22)24-2/h3-8,10-11,13-14H,1-2H3. The van der Waals surface area contributed by atoms with E-state index in [1.165, 1.54) is 7.11 Å². The van der Waals surface area contributed by atoms with Gasteiger partial charge >= 0.3 is 5.97 Å². The number of carbonyl (C=O) groups excluding carboxylic acids is 1. The Morgan fingerprint density at radius 2 is 1.58 bits per heavy atom. The Bertz CT molecular complexity index is 939. The highest BCUT2D eigenvalue weighted by Crippen LogP contribution is 2.23. The highest BCUT2D eigenvalue weighted by molar-refractivity contribution is 6.06. The van der Waals surface area contributed by atoms with E-state index < -0.39 is 0 Å². The number of hydrogen-bond acceptors (Lipinski definition) is 3. The predicted octanol–water partition coefficient (Wildman–Crippen LogP) is 4.03. The Balaban J connectivity index is 2.10. The molecular formula is C21H16O3. The summed E-state index contributed by atoms with van der Waals surface area (Å²) in [6.45, 7) is 0. The van der Waals surface area contributed by atoms with E-state index in [-0.39, 0.29) is 5.97 Å². The van der Waals surface area contributed by atoms with Gasteiger partial charge in [0, 0.05) is 16.5 Å². The normalized spacial score (nSPS) is 9.92. The number of carbonyl (C=O) groups is 1. The molecule has 0 aliphatic heterocycles. The first-order valence-electron chi connectivity index (χ1n) is 7.49. The zero-order valence-electron chi connectivity index (χ0n) is 13.5. The molecule has 3 heteroatoms. The summed E-state index contributed by atoms with van der Waals surface area (Å²) in [6, 6.07) is 18.9. The number of fused-ring (bicyclic) bond motifs is 1. The highest BCUT2D eigenvalue weighted by Gasteiger charge is 2.12. The molecule has 0 aromatic heterocycles. The first kappa shape index (κ1) is 15.6. The third kappa shape index (κ3) is 3.09. The fourth-order valence-electron chi connectivity index (χ4n) is 2.54. The van der Waals surface area contributed by atoms with Crippen molar-refractivity contribution >= 4 is 16.7 Å². The molecule has 3 aromatic rings. The van der Waals surface area contributed by atoms with Crippen LogP contribution in [0.2, 0.25) is 0 Å². The molecule has 24 heavy (non-hydrogen) atoms. The maximum Gasteiger partial charge on any atom is 0.338 e. The molecule has 0 fully saturated rings. The van der Waals surface area contributed by atoms with Crippen LogP contribution in [-0.2, 0) is 4.74 Å². The first-order valence-corrected chi connectivity index (χ1v) is 7.49. The lowest BCUT2D eigenvalue weighted by atomic mass is 9.99. The molecule has 118 valence electrons. The van der Waals surface area contributed by atoms with E-state index in [9.17, 15) is 4.79 Å². The van der Waals surface area contributed by atoms with Crippen LogP contribution in [0.5, 0.6) is 5.75 Å². The van der Waals surface area contributed by atoms with Crippen LogP contribution in [-0.4, -0.2) is 20.2 Å². The van der Waals surface area contributed by atoms with Crippen LogP contribution in [0.4, 0.5) is 0 Å². The van der Waals surface area contributed by atoms with Crippen molar-refractivity contribution in [2.24, 2.45) is 0 Å². The maximum atomic E-state index is 12.0. The summed E-state index contributed by atoms with van der Waals surface area (Å²) >= 11 is 0. The van der Waals surface area contributed by atoms with Gasteiger partial charge in [0.05, 0.1) is 19.8 Å². The maximum absolute atomic E-state index is 12.0.